The number of anilines is 1. The fourth-order valence-electron chi connectivity index (χ4n) is 9.09. The van der Waals surface area contributed by atoms with E-state index in [0.717, 1.165) is 66.0 Å². The van der Waals surface area contributed by atoms with E-state index in [2.05, 4.69) is 11.0 Å². The molecular weight excluding hydrogens is 796 g/mol. The molecule has 5 aromatic rings. The maximum absolute atomic E-state index is 16.5. The van der Waals surface area contributed by atoms with Crippen molar-refractivity contribution in [3.05, 3.63) is 70.7 Å². The van der Waals surface area contributed by atoms with Crippen LogP contribution in [0.25, 0.3) is 32.9 Å². The molecule has 1 aliphatic carbocycles. The number of esters is 1. The van der Waals surface area contributed by atoms with Crippen molar-refractivity contribution in [2.45, 2.75) is 116 Å². The maximum Gasteiger partial charge on any atom is 0.410 e. The molecule has 3 aliphatic heterocycles. The van der Waals surface area contributed by atoms with Crippen molar-refractivity contribution >= 4 is 39.7 Å². The lowest BCUT2D eigenvalue weighted by molar-refractivity contribution is -0.0367. The quantitative estimate of drug-likeness (QED) is 0.111. The molecule has 2 aromatic heterocycles. The van der Waals surface area contributed by atoms with Crippen molar-refractivity contribution in [1.29, 1.82) is 0 Å². The standard InChI is InChI=1S/C47H55FN6O8/c1-26(57-6)24-61-45-50-41-34(43(51-45)52-22-32-18-31(52)23-53(32)46(56)62-47(3,4)5)19-33(29-15-16-29)40(42(41)60-25-28-11-13-30(14-12-28)44(55)58-7)39-27(2)36(48)20-37-35(39)21-49-54(37)38-10-8-9-17-59-38/h11-14,19-21,26,29,31-32,38H,8-10,15-18,22-25H2,1-7H3/t26-,31-,32-,38?/m0/s1. The zero-order valence-corrected chi connectivity index (χ0v) is 36.5. The average Bonchev–Trinajstić information content (AvgIpc) is 3.70. The summed E-state index contributed by atoms with van der Waals surface area (Å²) < 4.78 is 54.1. The first kappa shape index (κ1) is 41.8. The van der Waals surface area contributed by atoms with Crippen LogP contribution in [0.15, 0.2) is 42.6 Å². The SMILES string of the molecule is COC(=O)c1ccc(COc2c(-c3c(C)c(F)cc4c3cnn4C3CCCCO3)c(C3CC3)cc3c(N4C[C@@H]5C[C@H]4CN5C(=O)OC(C)(C)C)nc(OC[C@H](C)OC)nc23)cc1. The molecule has 4 atom stereocenters. The molecular formula is C47H55FN6O8. The van der Waals surface area contributed by atoms with E-state index in [0.29, 0.717) is 59.0 Å². The van der Waals surface area contributed by atoms with Crippen LogP contribution in [0, 0.1) is 12.7 Å². The van der Waals surface area contributed by atoms with Gasteiger partial charge in [-0.15, -0.1) is 0 Å². The van der Waals surface area contributed by atoms with Gasteiger partial charge in [-0.25, -0.2) is 18.7 Å². The van der Waals surface area contributed by atoms with E-state index < -0.39 is 11.6 Å². The van der Waals surface area contributed by atoms with Gasteiger partial charge in [0.2, 0.25) is 0 Å². The summed E-state index contributed by atoms with van der Waals surface area (Å²) in [5.74, 6) is 0.521. The molecule has 4 aliphatic rings. The van der Waals surface area contributed by atoms with Gasteiger partial charge in [-0.2, -0.15) is 15.1 Å². The molecule has 3 aromatic carbocycles. The maximum atomic E-state index is 16.5. The molecule has 0 N–H and O–H groups in total. The first-order valence-corrected chi connectivity index (χ1v) is 21.7. The summed E-state index contributed by atoms with van der Waals surface area (Å²) >= 11 is 0. The second kappa shape index (κ2) is 16.6. The van der Waals surface area contributed by atoms with E-state index in [-0.39, 0.29) is 61.5 Å². The van der Waals surface area contributed by atoms with Gasteiger partial charge < -0.3 is 38.2 Å². The smallest absolute Gasteiger partial charge is 0.410 e. The number of fused-ring (bicyclic) bond motifs is 4. The summed E-state index contributed by atoms with van der Waals surface area (Å²) in [5, 5.41) is 6.38. The number of carbonyl (C=O) groups is 2. The third-order valence-electron chi connectivity index (χ3n) is 12.5. The summed E-state index contributed by atoms with van der Waals surface area (Å²) in [6, 6.07) is 10.8. The molecule has 62 heavy (non-hydrogen) atoms. The van der Waals surface area contributed by atoms with Crippen molar-refractivity contribution in [2.75, 3.05) is 45.4 Å². The van der Waals surface area contributed by atoms with Gasteiger partial charge in [0, 0.05) is 54.8 Å². The van der Waals surface area contributed by atoms with Gasteiger partial charge in [-0.3, -0.25) is 0 Å². The number of carbonyl (C=O) groups excluding carboxylic acids is 2. The number of hydrogen-bond donors (Lipinski definition) is 0. The Morgan fingerprint density at radius 2 is 1.76 bits per heavy atom. The number of nitrogens with zero attached hydrogens (tertiary/aromatic N) is 6. The number of halogens is 1. The molecule has 1 amide bonds. The lowest BCUT2D eigenvalue weighted by Gasteiger charge is -2.36. The zero-order valence-electron chi connectivity index (χ0n) is 36.5. The van der Waals surface area contributed by atoms with Crippen LogP contribution in [-0.4, -0.2) is 101 Å². The predicted molar refractivity (Wildman–Crippen MR) is 230 cm³/mol. The highest BCUT2D eigenvalue weighted by molar-refractivity contribution is 6.06. The summed E-state index contributed by atoms with van der Waals surface area (Å²) in [6.07, 6.45) is 6.37. The molecule has 1 unspecified atom stereocenters. The molecule has 0 spiro atoms. The molecule has 328 valence electrons. The molecule has 1 saturated carbocycles. The highest BCUT2D eigenvalue weighted by atomic mass is 19.1. The van der Waals surface area contributed by atoms with E-state index >= 15 is 4.39 Å². The molecule has 15 heteroatoms. The number of rotatable bonds is 12. The Morgan fingerprint density at radius 3 is 2.42 bits per heavy atom. The number of benzene rings is 3. The summed E-state index contributed by atoms with van der Waals surface area (Å²) in [7, 11) is 2.97. The molecule has 2 bridgehead atoms. The topological polar surface area (TPSA) is 140 Å². The van der Waals surface area contributed by atoms with E-state index in [4.69, 9.17) is 43.5 Å². The Labute approximate surface area is 360 Å². The van der Waals surface area contributed by atoms with Crippen molar-refractivity contribution in [1.82, 2.24) is 24.6 Å². The monoisotopic (exact) mass is 850 g/mol. The third-order valence-corrected chi connectivity index (χ3v) is 12.5. The van der Waals surface area contributed by atoms with Crippen molar-refractivity contribution in [3.63, 3.8) is 0 Å². The minimum Gasteiger partial charge on any atom is -0.486 e. The van der Waals surface area contributed by atoms with Crippen LogP contribution >= 0.6 is 0 Å². The van der Waals surface area contributed by atoms with E-state index in [1.54, 1.807) is 32.2 Å². The highest BCUT2D eigenvalue weighted by Crippen LogP contribution is 2.54. The lowest BCUT2D eigenvalue weighted by Crippen LogP contribution is -2.50. The number of amides is 1. The Hall–Kier alpha value is -5.54. The third kappa shape index (κ3) is 8.00. The van der Waals surface area contributed by atoms with Crippen LogP contribution in [-0.2, 0) is 25.6 Å². The minimum absolute atomic E-state index is 0.0314. The molecule has 5 heterocycles. The molecule has 0 radical (unpaired) electrons. The molecule has 9 rings (SSSR count). The Kier molecular flexibility index (Phi) is 11.2. The van der Waals surface area contributed by atoms with Crippen LogP contribution in [0.1, 0.15) is 105 Å². The first-order valence-electron chi connectivity index (χ1n) is 21.7. The number of likely N-dealkylation sites (tertiary alicyclic amines) is 1. The minimum atomic E-state index is -0.613. The largest absolute Gasteiger partial charge is 0.486 e. The van der Waals surface area contributed by atoms with Crippen LogP contribution in [0.5, 0.6) is 11.8 Å². The van der Waals surface area contributed by atoms with Gasteiger partial charge in [-0.1, -0.05) is 12.1 Å². The number of piperazine rings is 1. The highest BCUT2D eigenvalue weighted by Gasteiger charge is 2.48. The molecule has 14 nitrogen and oxygen atoms in total. The van der Waals surface area contributed by atoms with Crippen molar-refractivity contribution in [2.24, 2.45) is 0 Å². The van der Waals surface area contributed by atoms with E-state index in [9.17, 15) is 9.59 Å². The van der Waals surface area contributed by atoms with Crippen molar-refractivity contribution < 1.29 is 42.4 Å². The van der Waals surface area contributed by atoms with Gasteiger partial charge in [0.05, 0.1) is 42.6 Å². The lowest BCUT2D eigenvalue weighted by atomic mass is 9.88. The van der Waals surface area contributed by atoms with E-state index in [1.165, 1.54) is 7.11 Å². The van der Waals surface area contributed by atoms with Crippen LogP contribution in [0.4, 0.5) is 15.0 Å². The Balaban J connectivity index is 1.24. The summed E-state index contributed by atoms with van der Waals surface area (Å²) in [4.78, 5) is 39.9. The van der Waals surface area contributed by atoms with Gasteiger partial charge in [-0.05, 0) is 114 Å². The number of ether oxygens (including phenoxy) is 6. The predicted octanol–water partition coefficient (Wildman–Crippen LogP) is 8.65. The van der Waals surface area contributed by atoms with Gasteiger partial charge in [0.15, 0.2) is 12.0 Å². The van der Waals surface area contributed by atoms with Gasteiger partial charge >= 0.3 is 18.1 Å². The van der Waals surface area contributed by atoms with Crippen LogP contribution < -0.4 is 14.4 Å². The Bertz CT molecular complexity index is 2510. The first-order chi connectivity index (χ1) is 29.8. The Morgan fingerprint density at radius 1 is 0.968 bits per heavy atom. The van der Waals surface area contributed by atoms with Crippen LogP contribution in [0.3, 0.4) is 0 Å². The van der Waals surface area contributed by atoms with Gasteiger partial charge in [0.1, 0.15) is 36.0 Å². The molecule has 3 saturated heterocycles. The van der Waals surface area contributed by atoms with Crippen LogP contribution in [0.2, 0.25) is 0 Å². The fourth-order valence-corrected chi connectivity index (χ4v) is 9.09. The average molecular weight is 851 g/mol. The molecule has 4 fully saturated rings. The van der Waals surface area contributed by atoms with Gasteiger partial charge in [0.25, 0.3) is 0 Å². The normalized spacial score (nSPS) is 20.5. The second-order valence-corrected chi connectivity index (χ2v) is 18.0. The second-order valence-electron chi connectivity index (χ2n) is 18.0. The fraction of sp³-hybridized carbons (Fsp3) is 0.511. The summed E-state index contributed by atoms with van der Waals surface area (Å²) in [6.45, 7) is 11.3. The van der Waals surface area contributed by atoms with E-state index in [1.807, 2.05) is 55.6 Å². The zero-order chi connectivity index (χ0) is 43.4. The summed E-state index contributed by atoms with van der Waals surface area (Å²) in [5.41, 5.74) is 4.67. The number of aromatic nitrogens is 4. The number of hydrogen-bond acceptors (Lipinski definition) is 12. The van der Waals surface area contributed by atoms with Crippen molar-refractivity contribution in [3.8, 4) is 22.9 Å². The number of methoxy groups -OCH3 is 2.